The average molecular weight is 160 g/mol. The number of rotatable bonds is 3. The second-order valence-corrected chi connectivity index (χ2v) is 3.74. The monoisotopic (exact) mass is 160 g/mol. The van der Waals surface area contributed by atoms with Crippen molar-refractivity contribution in [2.75, 3.05) is 0 Å². The van der Waals surface area contributed by atoms with Gasteiger partial charge < -0.3 is 0 Å². The minimum absolute atomic E-state index is 0.890. The molecule has 0 amide bonds. The summed E-state index contributed by atoms with van der Waals surface area (Å²) in [4.78, 5) is 0. The van der Waals surface area contributed by atoms with Crippen LogP contribution in [0, 0.1) is 0 Å². The summed E-state index contributed by atoms with van der Waals surface area (Å²) in [7, 11) is 0. The molecule has 0 unspecified atom stereocenters. The quantitative estimate of drug-likeness (QED) is 0.634. The zero-order valence-corrected chi connectivity index (χ0v) is 7.72. The average Bonchev–Trinajstić information content (AvgIpc) is 2.07. The summed E-state index contributed by atoms with van der Waals surface area (Å²) in [6.07, 6.45) is 5.45. The van der Waals surface area contributed by atoms with Crippen molar-refractivity contribution in [2.45, 2.75) is 38.5 Å². The van der Waals surface area contributed by atoms with Gasteiger partial charge >= 0.3 is 0 Å². The summed E-state index contributed by atoms with van der Waals surface area (Å²) in [6.45, 7) is 2.27. The largest absolute Gasteiger partial charge is 0.0654 e. The molecule has 0 N–H and O–H groups in total. The van der Waals surface area contributed by atoms with Gasteiger partial charge in [-0.15, -0.1) is 0 Å². The molecule has 0 aliphatic heterocycles. The molecule has 0 bridgehead atoms. The number of hydrogen-bond acceptors (Lipinski definition) is 0. The summed E-state index contributed by atoms with van der Waals surface area (Å²) in [5.74, 6) is 0.890. The maximum Gasteiger partial charge on any atom is -0.0119 e. The minimum Gasteiger partial charge on any atom is -0.0654 e. The molecular formula is C12H16. The summed E-state index contributed by atoms with van der Waals surface area (Å²) in [6, 6.07) is 8.86. The number of unbranched alkanes of at least 4 members (excludes halogenated alkanes) is 1. The van der Waals surface area contributed by atoms with Crippen molar-refractivity contribution in [1.29, 1.82) is 0 Å². The van der Waals surface area contributed by atoms with E-state index in [0.29, 0.717) is 0 Å². The molecule has 0 nitrogen and oxygen atoms in total. The fourth-order valence-corrected chi connectivity index (χ4v) is 2.07. The molecule has 0 heterocycles. The van der Waals surface area contributed by atoms with E-state index in [2.05, 4.69) is 31.2 Å². The highest BCUT2D eigenvalue weighted by atomic mass is 14.3. The van der Waals surface area contributed by atoms with Crippen LogP contribution in [0.15, 0.2) is 24.3 Å². The Hall–Kier alpha value is -0.780. The van der Waals surface area contributed by atoms with Gasteiger partial charge in [0.25, 0.3) is 0 Å². The van der Waals surface area contributed by atoms with Gasteiger partial charge in [-0.05, 0) is 29.9 Å². The van der Waals surface area contributed by atoms with Crippen LogP contribution in [0.3, 0.4) is 0 Å². The predicted octanol–water partition coefficient (Wildman–Crippen LogP) is 3.52. The fraction of sp³-hybridized carbons (Fsp3) is 0.500. The van der Waals surface area contributed by atoms with Crippen molar-refractivity contribution in [2.24, 2.45) is 0 Å². The van der Waals surface area contributed by atoms with Crippen molar-refractivity contribution in [3.63, 3.8) is 0 Å². The molecular weight excluding hydrogens is 144 g/mol. The zero-order chi connectivity index (χ0) is 8.39. The Morgan fingerprint density at radius 2 is 2.17 bits per heavy atom. The molecule has 1 aromatic rings. The van der Waals surface area contributed by atoms with Crippen LogP contribution in [0.5, 0.6) is 0 Å². The van der Waals surface area contributed by atoms with Crippen LogP contribution in [-0.4, -0.2) is 0 Å². The Balaban J connectivity index is 2.00. The molecule has 0 heteroatoms. The summed E-state index contributed by atoms with van der Waals surface area (Å²) < 4.78 is 0. The summed E-state index contributed by atoms with van der Waals surface area (Å²) in [5, 5.41) is 0. The van der Waals surface area contributed by atoms with E-state index in [0.717, 1.165) is 5.92 Å². The van der Waals surface area contributed by atoms with Gasteiger partial charge in [0.15, 0.2) is 0 Å². The van der Waals surface area contributed by atoms with E-state index >= 15 is 0 Å². The van der Waals surface area contributed by atoms with E-state index in [1.807, 2.05) is 0 Å². The lowest BCUT2D eigenvalue weighted by atomic mass is 9.75. The van der Waals surface area contributed by atoms with E-state index in [1.54, 1.807) is 11.1 Å². The highest BCUT2D eigenvalue weighted by Gasteiger charge is 2.23. The SMILES string of the molecule is CCCC[C@@H]1Cc2ccccc21. The second kappa shape index (κ2) is 3.30. The van der Waals surface area contributed by atoms with Crippen molar-refractivity contribution in [1.82, 2.24) is 0 Å². The lowest BCUT2D eigenvalue weighted by Gasteiger charge is -2.29. The molecule has 12 heavy (non-hydrogen) atoms. The second-order valence-electron chi connectivity index (χ2n) is 3.74. The molecule has 0 saturated heterocycles. The van der Waals surface area contributed by atoms with Gasteiger partial charge in [0.2, 0.25) is 0 Å². The molecule has 0 fully saturated rings. The molecule has 0 saturated carbocycles. The van der Waals surface area contributed by atoms with E-state index in [9.17, 15) is 0 Å². The summed E-state index contributed by atoms with van der Waals surface area (Å²) in [5.41, 5.74) is 3.20. The third-order valence-electron chi connectivity index (χ3n) is 2.87. The van der Waals surface area contributed by atoms with Crippen molar-refractivity contribution in [3.05, 3.63) is 35.4 Å². The van der Waals surface area contributed by atoms with Crippen LogP contribution >= 0.6 is 0 Å². The van der Waals surface area contributed by atoms with Gasteiger partial charge in [0.1, 0.15) is 0 Å². The smallest absolute Gasteiger partial charge is 0.0119 e. The number of benzene rings is 1. The van der Waals surface area contributed by atoms with Gasteiger partial charge in [-0.1, -0.05) is 44.0 Å². The van der Waals surface area contributed by atoms with E-state index in [4.69, 9.17) is 0 Å². The van der Waals surface area contributed by atoms with E-state index < -0.39 is 0 Å². The lowest BCUT2D eigenvalue weighted by Crippen LogP contribution is -2.16. The Morgan fingerprint density at radius 3 is 2.92 bits per heavy atom. The number of fused-ring (bicyclic) bond motifs is 1. The van der Waals surface area contributed by atoms with Crippen LogP contribution in [-0.2, 0) is 6.42 Å². The first-order valence-electron chi connectivity index (χ1n) is 4.99. The molecule has 0 radical (unpaired) electrons. The van der Waals surface area contributed by atoms with Crippen molar-refractivity contribution >= 4 is 0 Å². The van der Waals surface area contributed by atoms with Gasteiger partial charge in [-0.2, -0.15) is 0 Å². The Kier molecular flexibility index (Phi) is 2.16. The Labute approximate surface area is 74.6 Å². The highest BCUT2D eigenvalue weighted by molar-refractivity contribution is 5.39. The standard InChI is InChI=1S/C12H16/c1-2-3-6-10-9-11-7-4-5-8-12(10)11/h4-5,7-8,10H,2-3,6,9H2,1H3/t10-/m1/s1. The number of hydrogen-bond donors (Lipinski definition) is 0. The lowest BCUT2D eigenvalue weighted by molar-refractivity contribution is 0.531. The van der Waals surface area contributed by atoms with Crippen molar-refractivity contribution in [3.8, 4) is 0 Å². The molecule has 0 spiro atoms. The molecule has 64 valence electrons. The summed E-state index contributed by atoms with van der Waals surface area (Å²) >= 11 is 0. The first-order chi connectivity index (χ1) is 5.92. The minimum atomic E-state index is 0.890. The first-order valence-corrected chi connectivity index (χ1v) is 4.99. The van der Waals surface area contributed by atoms with E-state index in [1.165, 1.54) is 25.7 Å². The van der Waals surface area contributed by atoms with Gasteiger partial charge in [-0.25, -0.2) is 0 Å². The molecule has 1 atom stereocenters. The molecule has 1 aliphatic rings. The predicted molar refractivity (Wildman–Crippen MR) is 52.4 cm³/mol. The zero-order valence-electron chi connectivity index (χ0n) is 7.72. The maximum absolute atomic E-state index is 2.29. The Bertz CT molecular complexity index is 262. The van der Waals surface area contributed by atoms with Crippen LogP contribution in [0.25, 0.3) is 0 Å². The first kappa shape index (κ1) is 7.85. The fourth-order valence-electron chi connectivity index (χ4n) is 2.07. The molecule has 1 aliphatic carbocycles. The third-order valence-corrected chi connectivity index (χ3v) is 2.87. The maximum atomic E-state index is 2.29. The van der Waals surface area contributed by atoms with Gasteiger partial charge in [0, 0.05) is 0 Å². The topological polar surface area (TPSA) is 0 Å². The third kappa shape index (κ3) is 1.26. The van der Waals surface area contributed by atoms with Crippen LogP contribution in [0.2, 0.25) is 0 Å². The highest BCUT2D eigenvalue weighted by Crippen LogP contribution is 2.37. The normalized spacial score (nSPS) is 19.9. The molecule has 0 aromatic heterocycles. The molecule has 1 aromatic carbocycles. The molecule has 2 rings (SSSR count). The van der Waals surface area contributed by atoms with Gasteiger partial charge in [0.05, 0.1) is 0 Å². The van der Waals surface area contributed by atoms with Crippen LogP contribution in [0.4, 0.5) is 0 Å². The van der Waals surface area contributed by atoms with E-state index in [-0.39, 0.29) is 0 Å². The van der Waals surface area contributed by atoms with Crippen molar-refractivity contribution < 1.29 is 0 Å². The Morgan fingerprint density at radius 1 is 1.33 bits per heavy atom. The van der Waals surface area contributed by atoms with Crippen LogP contribution in [0.1, 0.15) is 43.2 Å². The van der Waals surface area contributed by atoms with Crippen LogP contribution < -0.4 is 0 Å². The van der Waals surface area contributed by atoms with Gasteiger partial charge in [-0.3, -0.25) is 0 Å².